The van der Waals surface area contributed by atoms with Crippen LogP contribution in [0.4, 0.5) is 4.39 Å². The van der Waals surface area contributed by atoms with E-state index in [1.165, 1.54) is 12.1 Å². The Bertz CT molecular complexity index is 1430. The molecule has 2 aromatic carbocycles. The summed E-state index contributed by atoms with van der Waals surface area (Å²) < 4.78 is 21.3. The first-order valence-corrected chi connectivity index (χ1v) is 12.9. The Morgan fingerprint density at radius 2 is 1.95 bits per heavy atom. The number of pyridine rings is 1. The van der Waals surface area contributed by atoms with E-state index in [2.05, 4.69) is 38.4 Å². The van der Waals surface area contributed by atoms with Crippen molar-refractivity contribution in [1.82, 2.24) is 30.1 Å². The van der Waals surface area contributed by atoms with Gasteiger partial charge in [-0.3, -0.25) is 9.69 Å². The van der Waals surface area contributed by atoms with Gasteiger partial charge in [-0.25, -0.2) is 9.07 Å². The predicted octanol–water partition coefficient (Wildman–Crippen LogP) is 4.60. The fraction of sp³-hybridized carbons (Fsp3) is 0.429. The molecule has 3 heterocycles. The van der Waals surface area contributed by atoms with Crippen molar-refractivity contribution in [2.75, 3.05) is 6.61 Å². The monoisotopic (exact) mass is 504 g/mol. The summed E-state index contributed by atoms with van der Waals surface area (Å²) in [6, 6.07) is 12.4. The normalized spacial score (nSPS) is 16.6. The van der Waals surface area contributed by atoms with Gasteiger partial charge >= 0.3 is 0 Å². The third-order valence-electron chi connectivity index (χ3n) is 7.28. The van der Waals surface area contributed by atoms with E-state index in [1.807, 2.05) is 30.7 Å². The number of H-pyrrole nitrogens is 1. The van der Waals surface area contributed by atoms with Gasteiger partial charge in [-0.2, -0.15) is 0 Å². The molecule has 9 heteroatoms. The number of hydrogen-bond donors (Lipinski definition) is 1. The molecule has 0 unspecified atom stereocenters. The molecule has 2 aromatic heterocycles. The Kier molecular flexibility index (Phi) is 7.43. The molecule has 0 amide bonds. The zero-order valence-corrected chi connectivity index (χ0v) is 21.6. The van der Waals surface area contributed by atoms with E-state index in [0.717, 1.165) is 59.3 Å². The Hall–Kier alpha value is -3.43. The molecule has 0 spiro atoms. The predicted molar refractivity (Wildman–Crippen MR) is 140 cm³/mol. The first-order valence-electron chi connectivity index (χ1n) is 12.9. The van der Waals surface area contributed by atoms with Crippen LogP contribution in [-0.2, 0) is 24.4 Å². The number of ether oxygens (including phenoxy) is 1. The molecule has 37 heavy (non-hydrogen) atoms. The van der Waals surface area contributed by atoms with Crippen molar-refractivity contribution < 1.29 is 9.13 Å². The highest BCUT2D eigenvalue weighted by atomic mass is 19.1. The van der Waals surface area contributed by atoms with Gasteiger partial charge in [0, 0.05) is 30.6 Å². The summed E-state index contributed by atoms with van der Waals surface area (Å²) in [6.45, 7) is 8.40. The van der Waals surface area contributed by atoms with Gasteiger partial charge < -0.3 is 9.72 Å². The second kappa shape index (κ2) is 10.9. The second-order valence-electron chi connectivity index (χ2n) is 9.92. The highest BCUT2D eigenvalue weighted by molar-refractivity contribution is 5.85. The Labute approximate surface area is 215 Å². The van der Waals surface area contributed by atoms with Crippen LogP contribution >= 0.6 is 0 Å². The summed E-state index contributed by atoms with van der Waals surface area (Å²) in [4.78, 5) is 18.5. The fourth-order valence-electron chi connectivity index (χ4n) is 5.22. The van der Waals surface area contributed by atoms with Gasteiger partial charge in [0.25, 0.3) is 5.56 Å². The SMILES string of the molecule is CC[C@H](c1nnnn1C[C@@H]1CCCO1)N(Cc1ccc(F)cc1)Cc1cc2c(C)ccc(C)c2[nH]c1=O. The number of aromatic amines is 1. The van der Waals surface area contributed by atoms with Gasteiger partial charge in [-0.05, 0) is 78.4 Å². The van der Waals surface area contributed by atoms with Crippen molar-refractivity contribution in [3.05, 3.63) is 86.7 Å². The molecule has 1 fully saturated rings. The highest BCUT2D eigenvalue weighted by Crippen LogP contribution is 2.28. The molecule has 1 aliphatic heterocycles. The van der Waals surface area contributed by atoms with Crippen LogP contribution in [0.2, 0.25) is 0 Å². The Morgan fingerprint density at radius 1 is 1.16 bits per heavy atom. The quantitative estimate of drug-likeness (QED) is 0.358. The molecule has 8 nitrogen and oxygen atoms in total. The number of nitrogens with one attached hydrogen (secondary N) is 1. The van der Waals surface area contributed by atoms with Crippen molar-refractivity contribution in [1.29, 1.82) is 0 Å². The average molecular weight is 505 g/mol. The minimum atomic E-state index is -0.278. The van der Waals surface area contributed by atoms with E-state index in [0.29, 0.717) is 25.2 Å². The molecule has 0 radical (unpaired) electrons. The number of benzene rings is 2. The van der Waals surface area contributed by atoms with Crippen molar-refractivity contribution in [3.8, 4) is 0 Å². The smallest absolute Gasteiger partial charge is 0.252 e. The third kappa shape index (κ3) is 5.47. The van der Waals surface area contributed by atoms with Crippen molar-refractivity contribution in [2.45, 2.75) is 71.8 Å². The molecule has 0 saturated carbocycles. The topological polar surface area (TPSA) is 88.9 Å². The third-order valence-corrected chi connectivity index (χ3v) is 7.28. The van der Waals surface area contributed by atoms with Crippen LogP contribution in [-0.4, -0.2) is 42.8 Å². The van der Waals surface area contributed by atoms with Crippen LogP contribution in [0.5, 0.6) is 0 Å². The molecule has 2 atom stereocenters. The molecule has 4 aromatic rings. The van der Waals surface area contributed by atoms with Gasteiger partial charge in [0.15, 0.2) is 5.82 Å². The van der Waals surface area contributed by atoms with E-state index in [-0.39, 0.29) is 23.5 Å². The van der Waals surface area contributed by atoms with E-state index in [1.54, 1.807) is 12.1 Å². The zero-order valence-electron chi connectivity index (χ0n) is 21.6. The number of aromatic nitrogens is 5. The van der Waals surface area contributed by atoms with Crippen LogP contribution in [0.25, 0.3) is 10.9 Å². The first kappa shape index (κ1) is 25.2. The van der Waals surface area contributed by atoms with Gasteiger partial charge in [-0.15, -0.1) is 5.10 Å². The molecule has 0 aliphatic carbocycles. The van der Waals surface area contributed by atoms with Gasteiger partial charge in [0.1, 0.15) is 5.82 Å². The lowest BCUT2D eigenvalue weighted by Gasteiger charge is -2.30. The fourth-order valence-corrected chi connectivity index (χ4v) is 5.22. The largest absolute Gasteiger partial charge is 0.376 e. The Balaban J connectivity index is 1.52. The van der Waals surface area contributed by atoms with E-state index in [4.69, 9.17) is 4.74 Å². The summed E-state index contributed by atoms with van der Waals surface area (Å²) in [5.41, 5.74) is 4.51. The second-order valence-corrected chi connectivity index (χ2v) is 9.92. The number of halogens is 1. The lowest BCUT2D eigenvalue weighted by atomic mass is 10.0. The van der Waals surface area contributed by atoms with Gasteiger partial charge in [0.05, 0.1) is 24.2 Å². The number of rotatable bonds is 9. The standard InChI is InChI=1S/C28H33FN6O2/c1-4-25(27-31-32-33-35(27)17-23-6-5-13-37-23)34(15-20-9-11-22(29)12-10-20)16-21-14-24-18(2)7-8-19(3)26(24)30-28(21)36/h7-12,14,23,25H,4-6,13,15-17H2,1-3H3,(H,30,36)/t23-,25+/m0/s1. The summed E-state index contributed by atoms with van der Waals surface area (Å²) in [6.07, 6.45) is 2.86. The number of fused-ring (bicyclic) bond motifs is 1. The van der Waals surface area contributed by atoms with E-state index >= 15 is 0 Å². The molecular weight excluding hydrogens is 471 g/mol. The number of hydrogen-bond acceptors (Lipinski definition) is 6. The maximum Gasteiger partial charge on any atom is 0.252 e. The summed E-state index contributed by atoms with van der Waals surface area (Å²) in [5, 5.41) is 13.7. The minimum Gasteiger partial charge on any atom is -0.376 e. The molecule has 1 aliphatic rings. The van der Waals surface area contributed by atoms with Crippen molar-refractivity contribution >= 4 is 10.9 Å². The molecule has 5 rings (SSSR count). The average Bonchev–Trinajstić information content (AvgIpc) is 3.57. The number of aryl methyl sites for hydroxylation is 2. The minimum absolute atomic E-state index is 0.0971. The van der Waals surface area contributed by atoms with Crippen LogP contribution in [0.1, 0.15) is 60.3 Å². The summed E-state index contributed by atoms with van der Waals surface area (Å²) in [7, 11) is 0. The van der Waals surface area contributed by atoms with Crippen LogP contribution in [0.3, 0.4) is 0 Å². The molecule has 1 saturated heterocycles. The highest BCUT2D eigenvalue weighted by Gasteiger charge is 2.28. The van der Waals surface area contributed by atoms with Crippen LogP contribution < -0.4 is 5.56 Å². The van der Waals surface area contributed by atoms with Gasteiger partial charge in [-0.1, -0.05) is 31.2 Å². The number of nitrogens with zero attached hydrogens (tertiary/aromatic N) is 5. The van der Waals surface area contributed by atoms with Crippen molar-refractivity contribution in [3.63, 3.8) is 0 Å². The molecule has 0 bridgehead atoms. The maximum atomic E-state index is 13.6. The van der Waals surface area contributed by atoms with Gasteiger partial charge in [0.2, 0.25) is 0 Å². The summed E-state index contributed by atoms with van der Waals surface area (Å²) >= 11 is 0. The molecule has 194 valence electrons. The first-order chi connectivity index (χ1) is 17.9. The van der Waals surface area contributed by atoms with Crippen LogP contribution in [0, 0.1) is 19.7 Å². The molecule has 1 N–H and O–H groups in total. The Morgan fingerprint density at radius 3 is 2.68 bits per heavy atom. The zero-order chi connectivity index (χ0) is 25.9. The van der Waals surface area contributed by atoms with Crippen LogP contribution in [0.15, 0.2) is 47.3 Å². The van der Waals surface area contributed by atoms with E-state index < -0.39 is 0 Å². The number of tetrazole rings is 1. The lowest BCUT2D eigenvalue weighted by Crippen LogP contribution is -2.33. The van der Waals surface area contributed by atoms with Crippen molar-refractivity contribution in [2.24, 2.45) is 0 Å². The van der Waals surface area contributed by atoms with E-state index in [9.17, 15) is 9.18 Å². The maximum absolute atomic E-state index is 13.6. The molecular formula is C28H33FN6O2. The summed E-state index contributed by atoms with van der Waals surface area (Å²) in [5.74, 6) is 0.462. The lowest BCUT2D eigenvalue weighted by molar-refractivity contribution is 0.0888.